The second-order valence-corrected chi connectivity index (χ2v) is 6.16. The summed E-state index contributed by atoms with van der Waals surface area (Å²) in [5.74, 6) is 0.220. The van der Waals surface area contributed by atoms with Gasteiger partial charge in [0.05, 0.1) is 7.11 Å². The standard InChI is InChI=1S/C16H12O6S/c1-20-13-4-2-3-5-15(13)23(18,19)22-12-8-6-11-7-9-16(17)21-14(11)10-12/h2-10H,1H3. The molecule has 0 aliphatic rings. The number of methoxy groups -OCH3 is 1. The van der Waals surface area contributed by atoms with Crippen LogP contribution in [0.3, 0.4) is 0 Å². The highest BCUT2D eigenvalue weighted by molar-refractivity contribution is 7.87. The maximum Gasteiger partial charge on any atom is 0.342 e. The van der Waals surface area contributed by atoms with E-state index in [-0.39, 0.29) is 22.0 Å². The first-order valence-electron chi connectivity index (χ1n) is 6.61. The Morgan fingerprint density at radius 2 is 1.74 bits per heavy atom. The predicted molar refractivity (Wildman–Crippen MR) is 83.3 cm³/mol. The van der Waals surface area contributed by atoms with Gasteiger partial charge in [0, 0.05) is 17.5 Å². The first-order chi connectivity index (χ1) is 11.0. The number of rotatable bonds is 4. The summed E-state index contributed by atoms with van der Waals surface area (Å²) >= 11 is 0. The number of fused-ring (bicyclic) bond motifs is 1. The zero-order valence-electron chi connectivity index (χ0n) is 12.1. The molecule has 3 rings (SSSR count). The summed E-state index contributed by atoms with van der Waals surface area (Å²) in [7, 11) is -2.71. The van der Waals surface area contributed by atoms with Gasteiger partial charge in [0.1, 0.15) is 22.0 Å². The Balaban J connectivity index is 2.02. The van der Waals surface area contributed by atoms with Gasteiger partial charge in [-0.15, -0.1) is 0 Å². The molecule has 0 unspecified atom stereocenters. The van der Waals surface area contributed by atoms with Crippen molar-refractivity contribution in [2.24, 2.45) is 0 Å². The fourth-order valence-corrected chi connectivity index (χ4v) is 3.18. The van der Waals surface area contributed by atoms with Crippen LogP contribution >= 0.6 is 0 Å². The van der Waals surface area contributed by atoms with Gasteiger partial charge >= 0.3 is 15.7 Å². The number of hydrogen-bond acceptors (Lipinski definition) is 6. The second kappa shape index (κ2) is 5.77. The Labute approximate surface area is 132 Å². The van der Waals surface area contributed by atoms with E-state index in [1.54, 1.807) is 24.3 Å². The minimum atomic E-state index is -4.08. The van der Waals surface area contributed by atoms with Gasteiger partial charge in [0.15, 0.2) is 0 Å². The van der Waals surface area contributed by atoms with Gasteiger partial charge in [-0.1, -0.05) is 12.1 Å². The lowest BCUT2D eigenvalue weighted by Crippen LogP contribution is -2.11. The van der Waals surface area contributed by atoms with Gasteiger partial charge in [-0.3, -0.25) is 0 Å². The predicted octanol–water partition coefficient (Wildman–Crippen LogP) is 2.57. The number of para-hydroxylation sites is 1. The van der Waals surface area contributed by atoms with Crippen molar-refractivity contribution in [3.8, 4) is 11.5 Å². The molecule has 0 atom stereocenters. The molecule has 118 valence electrons. The molecule has 23 heavy (non-hydrogen) atoms. The van der Waals surface area contributed by atoms with E-state index in [1.165, 1.54) is 37.4 Å². The Hall–Kier alpha value is -2.80. The average Bonchev–Trinajstić information content (AvgIpc) is 2.54. The van der Waals surface area contributed by atoms with Crippen LogP contribution in [0.25, 0.3) is 11.0 Å². The molecular weight excluding hydrogens is 320 g/mol. The molecule has 0 aliphatic carbocycles. The summed E-state index contributed by atoms with van der Waals surface area (Å²) in [5.41, 5.74) is -0.285. The zero-order valence-corrected chi connectivity index (χ0v) is 12.9. The molecule has 2 aromatic carbocycles. The minimum Gasteiger partial charge on any atom is -0.495 e. The van der Waals surface area contributed by atoms with Gasteiger partial charge in [0.25, 0.3) is 0 Å². The van der Waals surface area contributed by atoms with Crippen molar-refractivity contribution in [3.63, 3.8) is 0 Å². The monoisotopic (exact) mass is 332 g/mol. The van der Waals surface area contributed by atoms with Gasteiger partial charge in [-0.2, -0.15) is 8.42 Å². The van der Waals surface area contributed by atoms with Gasteiger partial charge in [-0.25, -0.2) is 4.79 Å². The third kappa shape index (κ3) is 3.04. The van der Waals surface area contributed by atoms with Crippen molar-refractivity contribution in [1.82, 2.24) is 0 Å². The quantitative estimate of drug-likeness (QED) is 0.539. The van der Waals surface area contributed by atoms with Crippen LogP contribution < -0.4 is 14.5 Å². The molecule has 1 aromatic heterocycles. The van der Waals surface area contributed by atoms with E-state index in [9.17, 15) is 13.2 Å². The molecule has 3 aromatic rings. The molecule has 0 N–H and O–H groups in total. The highest BCUT2D eigenvalue weighted by Gasteiger charge is 2.21. The van der Waals surface area contributed by atoms with E-state index in [2.05, 4.69) is 0 Å². The third-order valence-corrected chi connectivity index (χ3v) is 4.43. The van der Waals surface area contributed by atoms with Crippen LogP contribution in [-0.2, 0) is 10.1 Å². The summed E-state index contributed by atoms with van der Waals surface area (Å²) in [4.78, 5) is 11.2. The Bertz CT molecular complexity index is 1020. The first-order valence-corrected chi connectivity index (χ1v) is 8.02. The van der Waals surface area contributed by atoms with Crippen molar-refractivity contribution in [2.75, 3.05) is 7.11 Å². The Morgan fingerprint density at radius 1 is 1.00 bits per heavy atom. The van der Waals surface area contributed by atoms with E-state index in [4.69, 9.17) is 13.3 Å². The van der Waals surface area contributed by atoms with Gasteiger partial charge < -0.3 is 13.3 Å². The molecule has 6 nitrogen and oxygen atoms in total. The molecule has 0 saturated heterocycles. The van der Waals surface area contributed by atoms with E-state index in [1.807, 2.05) is 0 Å². The zero-order chi connectivity index (χ0) is 16.4. The average molecular weight is 332 g/mol. The van der Waals surface area contributed by atoms with Gasteiger partial charge in [0.2, 0.25) is 0 Å². The largest absolute Gasteiger partial charge is 0.495 e. The molecule has 0 fully saturated rings. The molecule has 7 heteroatoms. The summed E-state index contributed by atoms with van der Waals surface area (Å²) in [6, 6.07) is 13.4. The molecule has 0 spiro atoms. The van der Waals surface area contributed by atoms with Crippen LogP contribution in [0.5, 0.6) is 11.5 Å². The van der Waals surface area contributed by atoms with Crippen molar-refractivity contribution < 1.29 is 21.8 Å². The van der Waals surface area contributed by atoms with E-state index in [0.717, 1.165) is 0 Å². The Kier molecular flexibility index (Phi) is 3.79. The molecule has 0 aliphatic heterocycles. The highest BCUT2D eigenvalue weighted by Crippen LogP contribution is 2.27. The fourth-order valence-electron chi connectivity index (χ4n) is 2.09. The van der Waals surface area contributed by atoms with Crippen LogP contribution in [0.2, 0.25) is 0 Å². The maximum atomic E-state index is 12.4. The van der Waals surface area contributed by atoms with Crippen LogP contribution in [-0.4, -0.2) is 15.5 Å². The fraction of sp³-hybridized carbons (Fsp3) is 0.0625. The summed E-state index contributed by atoms with van der Waals surface area (Å²) in [6.45, 7) is 0. The van der Waals surface area contributed by atoms with E-state index < -0.39 is 15.7 Å². The van der Waals surface area contributed by atoms with Crippen molar-refractivity contribution in [3.05, 3.63) is 65.0 Å². The molecular formula is C16H12O6S. The first kappa shape index (κ1) is 15.1. The second-order valence-electron chi connectivity index (χ2n) is 4.64. The van der Waals surface area contributed by atoms with Crippen LogP contribution in [0.4, 0.5) is 0 Å². The summed E-state index contributed by atoms with van der Waals surface area (Å²) in [5, 5.41) is 0.659. The topological polar surface area (TPSA) is 82.8 Å². The third-order valence-electron chi connectivity index (χ3n) is 3.14. The summed E-state index contributed by atoms with van der Waals surface area (Å²) < 4.78 is 39.9. The van der Waals surface area contributed by atoms with Crippen molar-refractivity contribution >= 4 is 21.1 Å². The van der Waals surface area contributed by atoms with Crippen LogP contribution in [0.1, 0.15) is 0 Å². The molecule has 0 radical (unpaired) electrons. The number of benzene rings is 2. The number of hydrogen-bond donors (Lipinski definition) is 0. The van der Waals surface area contributed by atoms with E-state index >= 15 is 0 Å². The lowest BCUT2D eigenvalue weighted by atomic mass is 10.2. The van der Waals surface area contributed by atoms with Crippen LogP contribution in [0, 0.1) is 0 Å². The van der Waals surface area contributed by atoms with Crippen LogP contribution in [0.15, 0.2) is 68.7 Å². The minimum absolute atomic E-state index is 0.0396. The molecule has 1 heterocycles. The lowest BCUT2D eigenvalue weighted by Gasteiger charge is -2.10. The van der Waals surface area contributed by atoms with Crippen molar-refractivity contribution in [1.29, 1.82) is 0 Å². The summed E-state index contributed by atoms with van der Waals surface area (Å²) in [6.07, 6.45) is 0. The molecule has 0 bridgehead atoms. The lowest BCUT2D eigenvalue weighted by molar-refractivity contribution is 0.398. The van der Waals surface area contributed by atoms with Gasteiger partial charge in [-0.05, 0) is 30.3 Å². The van der Waals surface area contributed by atoms with E-state index in [0.29, 0.717) is 5.39 Å². The Morgan fingerprint density at radius 3 is 2.52 bits per heavy atom. The highest BCUT2D eigenvalue weighted by atomic mass is 32.2. The maximum absolute atomic E-state index is 12.4. The SMILES string of the molecule is COc1ccccc1S(=O)(=O)Oc1ccc2ccc(=O)oc2c1. The molecule has 0 saturated carbocycles. The number of ether oxygens (including phenoxy) is 1. The molecule has 0 amide bonds. The normalized spacial score (nSPS) is 11.3. The van der Waals surface area contributed by atoms with Crippen molar-refractivity contribution in [2.45, 2.75) is 4.90 Å². The smallest absolute Gasteiger partial charge is 0.342 e.